The highest BCUT2D eigenvalue weighted by atomic mass is 32.1. The third kappa shape index (κ3) is 3.99. The average Bonchev–Trinajstić information content (AvgIpc) is 3.20. The SMILES string of the molecule is Cc1csc(CN(CC2CCCO2)C(=O)c2ccc(C)c(C)n2)n1. The van der Waals surface area contributed by atoms with Gasteiger partial charge in [-0.25, -0.2) is 9.97 Å². The summed E-state index contributed by atoms with van der Waals surface area (Å²) in [6.45, 7) is 7.78. The minimum Gasteiger partial charge on any atom is -0.376 e. The molecule has 0 aliphatic carbocycles. The van der Waals surface area contributed by atoms with Crippen molar-refractivity contribution >= 4 is 17.2 Å². The minimum absolute atomic E-state index is 0.0542. The van der Waals surface area contributed by atoms with Crippen molar-refractivity contribution < 1.29 is 9.53 Å². The zero-order valence-corrected chi connectivity index (χ0v) is 15.2. The van der Waals surface area contributed by atoms with Gasteiger partial charge in [0.2, 0.25) is 0 Å². The Labute approximate surface area is 146 Å². The lowest BCUT2D eigenvalue weighted by Crippen LogP contribution is -2.37. The van der Waals surface area contributed by atoms with Crippen molar-refractivity contribution in [1.29, 1.82) is 0 Å². The summed E-state index contributed by atoms with van der Waals surface area (Å²) in [6, 6.07) is 3.76. The second kappa shape index (κ2) is 7.40. The fourth-order valence-corrected chi connectivity index (χ4v) is 3.59. The van der Waals surface area contributed by atoms with Gasteiger partial charge in [-0.15, -0.1) is 11.3 Å². The Morgan fingerprint density at radius 3 is 2.79 bits per heavy atom. The number of ether oxygens (including phenoxy) is 1. The van der Waals surface area contributed by atoms with E-state index in [0.29, 0.717) is 18.8 Å². The predicted molar refractivity (Wildman–Crippen MR) is 94.3 cm³/mol. The van der Waals surface area contributed by atoms with Gasteiger partial charge < -0.3 is 9.64 Å². The van der Waals surface area contributed by atoms with Crippen molar-refractivity contribution in [2.75, 3.05) is 13.2 Å². The number of carbonyl (C=O) groups is 1. The Bertz CT molecular complexity index is 723. The van der Waals surface area contributed by atoms with Crippen LogP contribution in [0, 0.1) is 20.8 Å². The fourth-order valence-electron chi connectivity index (χ4n) is 2.80. The molecule has 1 aliphatic rings. The normalized spacial score (nSPS) is 17.2. The smallest absolute Gasteiger partial charge is 0.272 e. The van der Waals surface area contributed by atoms with E-state index in [1.165, 1.54) is 0 Å². The number of pyridine rings is 1. The van der Waals surface area contributed by atoms with Crippen LogP contribution in [0.25, 0.3) is 0 Å². The van der Waals surface area contributed by atoms with Crippen molar-refractivity contribution in [2.24, 2.45) is 0 Å². The number of thiazole rings is 1. The molecule has 0 bridgehead atoms. The molecule has 3 heterocycles. The molecular weight excluding hydrogens is 322 g/mol. The number of aryl methyl sites for hydroxylation is 3. The average molecular weight is 345 g/mol. The van der Waals surface area contributed by atoms with Crippen LogP contribution in [0.3, 0.4) is 0 Å². The number of hydrogen-bond acceptors (Lipinski definition) is 5. The number of nitrogens with zero attached hydrogens (tertiary/aromatic N) is 3. The van der Waals surface area contributed by atoms with E-state index in [4.69, 9.17) is 4.74 Å². The fraction of sp³-hybridized carbons (Fsp3) is 0.500. The summed E-state index contributed by atoms with van der Waals surface area (Å²) in [5, 5.41) is 2.96. The van der Waals surface area contributed by atoms with Crippen LogP contribution >= 0.6 is 11.3 Å². The minimum atomic E-state index is -0.0542. The largest absolute Gasteiger partial charge is 0.376 e. The summed E-state index contributed by atoms with van der Waals surface area (Å²) in [7, 11) is 0. The highest BCUT2D eigenvalue weighted by Crippen LogP contribution is 2.19. The predicted octanol–water partition coefficient (Wildman–Crippen LogP) is 3.28. The molecule has 0 radical (unpaired) electrons. The second-order valence-electron chi connectivity index (χ2n) is 6.30. The number of hydrogen-bond donors (Lipinski definition) is 0. The maximum absolute atomic E-state index is 13.0. The lowest BCUT2D eigenvalue weighted by Gasteiger charge is -2.24. The zero-order chi connectivity index (χ0) is 17.1. The lowest BCUT2D eigenvalue weighted by atomic mass is 10.2. The van der Waals surface area contributed by atoms with Crippen LogP contribution in [0.4, 0.5) is 0 Å². The van der Waals surface area contributed by atoms with E-state index in [2.05, 4.69) is 9.97 Å². The van der Waals surface area contributed by atoms with Gasteiger partial charge in [0.15, 0.2) is 0 Å². The molecule has 1 amide bonds. The molecule has 1 saturated heterocycles. The van der Waals surface area contributed by atoms with Crippen molar-refractivity contribution in [2.45, 2.75) is 46.3 Å². The topological polar surface area (TPSA) is 55.3 Å². The summed E-state index contributed by atoms with van der Waals surface area (Å²) >= 11 is 1.59. The van der Waals surface area contributed by atoms with Gasteiger partial charge in [-0.1, -0.05) is 6.07 Å². The zero-order valence-electron chi connectivity index (χ0n) is 14.4. The Hall–Kier alpha value is -1.79. The highest BCUT2D eigenvalue weighted by Gasteiger charge is 2.25. The van der Waals surface area contributed by atoms with Gasteiger partial charge in [-0.3, -0.25) is 4.79 Å². The first-order valence-electron chi connectivity index (χ1n) is 8.29. The third-order valence-electron chi connectivity index (χ3n) is 4.30. The molecular formula is C18H23N3O2S. The quantitative estimate of drug-likeness (QED) is 0.834. The molecule has 1 aliphatic heterocycles. The number of carbonyl (C=O) groups excluding carboxylic acids is 1. The van der Waals surface area contributed by atoms with Crippen LogP contribution in [0.5, 0.6) is 0 Å². The monoisotopic (exact) mass is 345 g/mol. The Balaban J connectivity index is 1.81. The summed E-state index contributed by atoms with van der Waals surface area (Å²) in [5.74, 6) is -0.0542. The second-order valence-corrected chi connectivity index (χ2v) is 7.24. The molecule has 5 nitrogen and oxygen atoms in total. The Kier molecular flexibility index (Phi) is 5.26. The molecule has 3 rings (SSSR count). The van der Waals surface area contributed by atoms with Crippen LogP contribution < -0.4 is 0 Å². The molecule has 0 saturated carbocycles. The molecule has 2 aromatic rings. The molecule has 2 aromatic heterocycles. The summed E-state index contributed by atoms with van der Waals surface area (Å²) in [5.41, 5.74) is 3.46. The molecule has 1 fully saturated rings. The van der Waals surface area contributed by atoms with Crippen molar-refractivity contribution in [3.05, 3.63) is 45.2 Å². The molecule has 1 atom stereocenters. The van der Waals surface area contributed by atoms with Crippen molar-refractivity contribution in [3.63, 3.8) is 0 Å². The van der Waals surface area contributed by atoms with Gasteiger partial charge in [-0.2, -0.15) is 0 Å². The maximum Gasteiger partial charge on any atom is 0.272 e. The van der Waals surface area contributed by atoms with Gasteiger partial charge in [0.05, 0.1) is 12.6 Å². The first-order chi connectivity index (χ1) is 11.5. The first kappa shape index (κ1) is 17.0. The van der Waals surface area contributed by atoms with E-state index < -0.39 is 0 Å². The first-order valence-corrected chi connectivity index (χ1v) is 9.17. The number of aromatic nitrogens is 2. The standard InChI is InChI=1S/C18H23N3O2S/c1-12-6-7-16(20-14(12)3)18(22)21(9-15-5-4-8-23-15)10-17-19-13(2)11-24-17/h6-7,11,15H,4-5,8-10H2,1-3H3. The molecule has 0 aromatic carbocycles. The summed E-state index contributed by atoms with van der Waals surface area (Å²) in [6.07, 6.45) is 2.17. The van der Waals surface area contributed by atoms with Crippen molar-refractivity contribution in [3.8, 4) is 0 Å². The van der Waals surface area contributed by atoms with Gasteiger partial charge >= 0.3 is 0 Å². The van der Waals surface area contributed by atoms with Crippen molar-refractivity contribution in [1.82, 2.24) is 14.9 Å². The molecule has 128 valence electrons. The van der Waals surface area contributed by atoms with Crippen LogP contribution in [-0.2, 0) is 11.3 Å². The summed E-state index contributed by atoms with van der Waals surface area (Å²) < 4.78 is 5.72. The van der Waals surface area contributed by atoms with Crippen LogP contribution in [0.15, 0.2) is 17.5 Å². The van der Waals surface area contributed by atoms with E-state index in [1.807, 2.05) is 37.1 Å². The molecule has 1 unspecified atom stereocenters. The van der Waals surface area contributed by atoms with Gasteiger partial charge in [0.25, 0.3) is 5.91 Å². The van der Waals surface area contributed by atoms with E-state index in [-0.39, 0.29) is 12.0 Å². The third-order valence-corrected chi connectivity index (χ3v) is 5.25. The van der Waals surface area contributed by atoms with Gasteiger partial charge in [0, 0.05) is 29.9 Å². The van der Waals surface area contributed by atoms with E-state index >= 15 is 0 Å². The van der Waals surface area contributed by atoms with Crippen LogP contribution in [0.1, 0.15) is 45.3 Å². The maximum atomic E-state index is 13.0. The van der Waals surface area contributed by atoms with Crippen LogP contribution in [0.2, 0.25) is 0 Å². The molecule has 24 heavy (non-hydrogen) atoms. The van der Waals surface area contributed by atoms with E-state index in [9.17, 15) is 4.79 Å². The number of amides is 1. The van der Waals surface area contributed by atoms with E-state index in [1.54, 1.807) is 17.4 Å². The molecule has 0 N–H and O–H groups in total. The highest BCUT2D eigenvalue weighted by molar-refractivity contribution is 7.09. The summed E-state index contributed by atoms with van der Waals surface area (Å²) in [4.78, 5) is 23.8. The molecule has 6 heteroatoms. The molecule has 0 spiro atoms. The lowest BCUT2D eigenvalue weighted by molar-refractivity contribution is 0.0502. The van der Waals surface area contributed by atoms with Gasteiger partial charge in [0.1, 0.15) is 10.7 Å². The van der Waals surface area contributed by atoms with Crippen LogP contribution in [-0.4, -0.2) is 40.0 Å². The Morgan fingerprint density at radius 1 is 1.33 bits per heavy atom. The number of rotatable bonds is 5. The van der Waals surface area contributed by atoms with Gasteiger partial charge in [-0.05, 0) is 45.2 Å². The van der Waals surface area contributed by atoms with E-state index in [0.717, 1.165) is 41.4 Å². The Morgan fingerprint density at radius 2 is 2.17 bits per heavy atom.